The Morgan fingerprint density at radius 1 is 1.61 bits per heavy atom. The lowest BCUT2D eigenvalue weighted by molar-refractivity contribution is -0.382. The molecule has 96 valence electrons. The number of fused-ring (bicyclic) bond motifs is 1. The lowest BCUT2D eigenvalue weighted by Gasteiger charge is -2.13. The molecule has 0 spiro atoms. The number of nitro benzene ring substituents is 1. The molecule has 0 bridgehead atoms. The third kappa shape index (κ3) is 2.56. The van der Waals surface area contributed by atoms with Crippen LogP contribution in [0.25, 0.3) is 10.2 Å². The topological polar surface area (TPSA) is 68.1 Å². The van der Waals surface area contributed by atoms with Crippen molar-refractivity contribution in [1.29, 1.82) is 0 Å². The Hall–Kier alpha value is -1.34. The Morgan fingerprint density at radius 2 is 2.39 bits per heavy atom. The third-order valence-corrected chi connectivity index (χ3v) is 4.10. The van der Waals surface area contributed by atoms with Crippen molar-refractivity contribution in [2.75, 3.05) is 17.3 Å². The molecule has 18 heavy (non-hydrogen) atoms. The zero-order chi connectivity index (χ0) is 13.1. The lowest BCUT2D eigenvalue weighted by Crippen LogP contribution is -2.18. The van der Waals surface area contributed by atoms with Gasteiger partial charge in [0.15, 0.2) is 5.52 Å². The molecule has 0 fully saturated rings. The molecule has 2 aromatic rings. The Labute approximate surface area is 113 Å². The zero-order valence-corrected chi connectivity index (χ0v) is 11.7. The number of rotatable bonds is 5. The van der Waals surface area contributed by atoms with Crippen molar-refractivity contribution in [2.24, 2.45) is 0 Å². The largest absolute Gasteiger partial charge is 0.376 e. The highest BCUT2D eigenvalue weighted by Gasteiger charge is 2.21. The number of benzene rings is 1. The number of nitrogens with one attached hydrogen (secondary N) is 1. The second-order valence-electron chi connectivity index (χ2n) is 3.92. The summed E-state index contributed by atoms with van der Waals surface area (Å²) in [5.41, 5.74) is 2.71. The Balaban J connectivity index is 2.43. The summed E-state index contributed by atoms with van der Waals surface area (Å²) >= 11 is 3.11. The predicted octanol–water partition coefficient (Wildman–Crippen LogP) is 3.37. The second kappa shape index (κ2) is 5.53. The molecule has 0 amide bonds. The van der Waals surface area contributed by atoms with Crippen LogP contribution in [0, 0.1) is 10.1 Å². The molecule has 0 aliphatic carbocycles. The fourth-order valence-corrected chi connectivity index (χ4v) is 3.04. The van der Waals surface area contributed by atoms with Gasteiger partial charge in [0.25, 0.3) is 0 Å². The fraction of sp³-hybridized carbons (Fsp3) is 0.364. The average Bonchev–Trinajstić information content (AvgIpc) is 2.76. The van der Waals surface area contributed by atoms with Crippen LogP contribution in [0.5, 0.6) is 0 Å². The Morgan fingerprint density at radius 3 is 3.06 bits per heavy atom. The van der Waals surface area contributed by atoms with Gasteiger partial charge in [-0.25, -0.2) is 4.98 Å². The molecule has 0 saturated heterocycles. The van der Waals surface area contributed by atoms with Crippen molar-refractivity contribution in [1.82, 2.24) is 4.98 Å². The smallest absolute Gasteiger partial charge is 0.319 e. The highest BCUT2D eigenvalue weighted by atomic mass is 32.2. The maximum absolute atomic E-state index is 11.2. The molecule has 1 heterocycles. The van der Waals surface area contributed by atoms with E-state index < -0.39 is 0 Å². The van der Waals surface area contributed by atoms with E-state index in [-0.39, 0.29) is 16.7 Å². The number of nitro groups is 1. The number of thiazole rings is 1. The minimum atomic E-state index is -0.365. The Kier molecular flexibility index (Phi) is 4.03. The SMILES string of the molecule is CSCC(C)Nc1ccc2scnc2c1[N+](=O)[O-]. The van der Waals surface area contributed by atoms with E-state index >= 15 is 0 Å². The molecule has 0 saturated carbocycles. The average molecular weight is 283 g/mol. The number of anilines is 1. The summed E-state index contributed by atoms with van der Waals surface area (Å²) in [6, 6.07) is 3.80. The molecular weight excluding hydrogens is 270 g/mol. The van der Waals surface area contributed by atoms with Crippen molar-refractivity contribution in [3.63, 3.8) is 0 Å². The van der Waals surface area contributed by atoms with Gasteiger partial charge in [0.2, 0.25) is 0 Å². The first-order valence-corrected chi connectivity index (χ1v) is 7.67. The van der Waals surface area contributed by atoms with Gasteiger partial charge in [-0.05, 0) is 25.3 Å². The van der Waals surface area contributed by atoms with Crippen molar-refractivity contribution in [3.05, 3.63) is 27.8 Å². The summed E-state index contributed by atoms with van der Waals surface area (Å²) < 4.78 is 0.838. The number of nitrogens with zero attached hydrogens (tertiary/aromatic N) is 2. The quantitative estimate of drug-likeness (QED) is 0.673. The number of hydrogen-bond acceptors (Lipinski definition) is 6. The summed E-state index contributed by atoms with van der Waals surface area (Å²) in [5.74, 6) is 0.895. The fourth-order valence-electron chi connectivity index (χ4n) is 1.78. The minimum absolute atomic E-state index is 0.0710. The zero-order valence-electron chi connectivity index (χ0n) is 10.0. The van der Waals surface area contributed by atoms with Crippen LogP contribution in [0.15, 0.2) is 17.6 Å². The molecule has 1 unspecified atom stereocenters. The van der Waals surface area contributed by atoms with E-state index in [1.54, 1.807) is 23.3 Å². The van der Waals surface area contributed by atoms with Crippen LogP contribution in [0.1, 0.15) is 6.92 Å². The van der Waals surface area contributed by atoms with Gasteiger partial charge in [-0.1, -0.05) is 0 Å². The molecule has 0 aliphatic rings. The summed E-state index contributed by atoms with van der Waals surface area (Å²) in [6.45, 7) is 2.01. The van der Waals surface area contributed by atoms with Gasteiger partial charge in [-0.2, -0.15) is 11.8 Å². The van der Waals surface area contributed by atoms with E-state index in [0.717, 1.165) is 10.5 Å². The summed E-state index contributed by atoms with van der Waals surface area (Å²) in [7, 11) is 0. The normalized spacial score (nSPS) is 12.6. The van der Waals surface area contributed by atoms with Gasteiger partial charge in [-0.3, -0.25) is 10.1 Å². The second-order valence-corrected chi connectivity index (χ2v) is 5.72. The molecule has 1 aromatic heterocycles. The van der Waals surface area contributed by atoms with Crippen LogP contribution in [0.4, 0.5) is 11.4 Å². The van der Waals surface area contributed by atoms with Gasteiger partial charge in [-0.15, -0.1) is 11.3 Å². The highest BCUT2D eigenvalue weighted by Crippen LogP contribution is 2.34. The van der Waals surface area contributed by atoms with Gasteiger partial charge >= 0.3 is 5.69 Å². The van der Waals surface area contributed by atoms with Gasteiger partial charge in [0, 0.05) is 11.8 Å². The van der Waals surface area contributed by atoms with Gasteiger partial charge < -0.3 is 5.32 Å². The van der Waals surface area contributed by atoms with Crippen LogP contribution < -0.4 is 5.32 Å². The molecule has 1 N–H and O–H groups in total. The first kappa shape index (κ1) is 13.1. The molecule has 0 aliphatic heterocycles. The number of aromatic nitrogens is 1. The molecule has 0 radical (unpaired) electrons. The molecular formula is C11H13N3O2S2. The van der Waals surface area contributed by atoms with E-state index in [0.29, 0.717) is 11.2 Å². The van der Waals surface area contributed by atoms with Crippen LogP contribution in [-0.4, -0.2) is 28.0 Å². The third-order valence-electron chi connectivity index (χ3n) is 2.48. The number of thioether (sulfide) groups is 1. The van der Waals surface area contributed by atoms with Crippen molar-refractivity contribution >= 4 is 44.7 Å². The number of hydrogen-bond donors (Lipinski definition) is 1. The molecule has 7 heteroatoms. The molecule has 1 aromatic carbocycles. The van der Waals surface area contributed by atoms with Crippen LogP contribution in [0.2, 0.25) is 0 Å². The van der Waals surface area contributed by atoms with Crippen molar-refractivity contribution in [3.8, 4) is 0 Å². The first-order chi connectivity index (χ1) is 8.63. The maximum Gasteiger partial charge on any atom is 0.319 e. The minimum Gasteiger partial charge on any atom is -0.376 e. The molecule has 5 nitrogen and oxygen atoms in total. The van der Waals surface area contributed by atoms with E-state index in [2.05, 4.69) is 10.3 Å². The van der Waals surface area contributed by atoms with Gasteiger partial charge in [0.05, 0.1) is 15.1 Å². The molecule has 1 atom stereocenters. The van der Waals surface area contributed by atoms with Crippen molar-refractivity contribution in [2.45, 2.75) is 13.0 Å². The van der Waals surface area contributed by atoms with Gasteiger partial charge in [0.1, 0.15) is 5.69 Å². The van der Waals surface area contributed by atoms with Crippen LogP contribution >= 0.6 is 23.1 Å². The Bertz CT molecular complexity index is 570. The van der Waals surface area contributed by atoms with E-state index in [1.807, 2.05) is 19.2 Å². The molecule has 2 rings (SSSR count). The maximum atomic E-state index is 11.2. The lowest BCUT2D eigenvalue weighted by atomic mass is 10.2. The predicted molar refractivity (Wildman–Crippen MR) is 77.7 cm³/mol. The monoisotopic (exact) mass is 283 g/mol. The summed E-state index contributed by atoms with van der Waals surface area (Å²) in [5, 5.41) is 14.4. The summed E-state index contributed by atoms with van der Waals surface area (Å²) in [6.07, 6.45) is 2.01. The summed E-state index contributed by atoms with van der Waals surface area (Å²) in [4.78, 5) is 14.9. The van der Waals surface area contributed by atoms with E-state index in [4.69, 9.17) is 0 Å². The standard InChI is InChI=1S/C11H13N3O2S2/c1-7(5-17-2)13-8-3-4-9-10(12-6-18-9)11(8)14(15)16/h3-4,6-7,13H,5H2,1-2H3. The van der Waals surface area contributed by atoms with E-state index in [1.165, 1.54) is 11.3 Å². The van der Waals surface area contributed by atoms with Crippen molar-refractivity contribution < 1.29 is 4.92 Å². The first-order valence-electron chi connectivity index (χ1n) is 5.39. The van der Waals surface area contributed by atoms with Crippen LogP contribution in [-0.2, 0) is 0 Å². The highest BCUT2D eigenvalue weighted by molar-refractivity contribution is 7.98. The van der Waals surface area contributed by atoms with E-state index in [9.17, 15) is 10.1 Å². The van der Waals surface area contributed by atoms with Crippen LogP contribution in [0.3, 0.4) is 0 Å².